The summed E-state index contributed by atoms with van der Waals surface area (Å²) in [5.41, 5.74) is 6.64. The molecule has 0 radical (unpaired) electrons. The molecule has 2 N–H and O–H groups in total. The topological polar surface area (TPSA) is 32.5 Å². The Hall–Kier alpha value is -0.120. The van der Waals surface area contributed by atoms with E-state index in [4.69, 9.17) is 5.73 Å². The van der Waals surface area contributed by atoms with Crippen LogP contribution in [0.25, 0.3) is 0 Å². The first kappa shape index (κ1) is 14.8. The minimum Gasteiger partial charge on any atom is -0.329 e. The van der Waals surface area contributed by atoms with Crippen LogP contribution in [0.4, 0.5) is 0 Å². The predicted octanol–water partition coefficient (Wildman–Crippen LogP) is 2.45. The van der Waals surface area contributed by atoms with Crippen LogP contribution in [0.5, 0.6) is 0 Å². The van der Waals surface area contributed by atoms with E-state index in [0.29, 0.717) is 5.54 Å². The summed E-state index contributed by atoms with van der Waals surface area (Å²) in [7, 11) is 0. The molecule has 20 heavy (non-hydrogen) atoms. The third-order valence-corrected chi connectivity index (χ3v) is 6.47. The number of rotatable bonds is 3. The average molecular weight is 279 g/mol. The second-order valence-electron chi connectivity index (χ2n) is 7.31. The van der Waals surface area contributed by atoms with E-state index in [1.54, 1.807) is 0 Å². The van der Waals surface area contributed by atoms with E-state index in [2.05, 4.69) is 16.7 Å². The summed E-state index contributed by atoms with van der Waals surface area (Å²) >= 11 is 0. The first-order chi connectivity index (χ1) is 9.79. The molecule has 3 nitrogen and oxygen atoms in total. The molecule has 2 aliphatic heterocycles. The fourth-order valence-corrected chi connectivity index (χ4v) is 5.11. The van der Waals surface area contributed by atoms with Gasteiger partial charge >= 0.3 is 0 Å². The van der Waals surface area contributed by atoms with E-state index in [-0.39, 0.29) is 0 Å². The molecule has 2 heterocycles. The number of nitrogens with zero attached hydrogens (tertiary/aromatic N) is 2. The van der Waals surface area contributed by atoms with E-state index in [1.807, 2.05) is 0 Å². The van der Waals surface area contributed by atoms with Gasteiger partial charge in [-0.05, 0) is 70.6 Å². The van der Waals surface area contributed by atoms with Crippen molar-refractivity contribution in [2.75, 3.05) is 32.7 Å². The molecular formula is C17H33N3. The summed E-state index contributed by atoms with van der Waals surface area (Å²) in [5.74, 6) is 0.977. The Morgan fingerprint density at radius 3 is 2.40 bits per heavy atom. The highest BCUT2D eigenvalue weighted by atomic mass is 15.3. The lowest BCUT2D eigenvalue weighted by atomic mass is 9.74. The van der Waals surface area contributed by atoms with Gasteiger partial charge < -0.3 is 10.6 Å². The summed E-state index contributed by atoms with van der Waals surface area (Å²) in [6.07, 6.45) is 11.3. The standard InChI is InChI=1S/C17H33N3/c1-2-19-12-9-17(14-18,10-13-19)20-11-5-7-15-6-3-4-8-16(15)20/h15-16H,2-14,18H2,1H3. The summed E-state index contributed by atoms with van der Waals surface area (Å²) < 4.78 is 0. The van der Waals surface area contributed by atoms with Crippen LogP contribution in [-0.4, -0.2) is 54.1 Å². The van der Waals surface area contributed by atoms with E-state index >= 15 is 0 Å². The van der Waals surface area contributed by atoms with Crippen molar-refractivity contribution >= 4 is 0 Å². The maximum absolute atomic E-state index is 6.32. The lowest BCUT2D eigenvalue weighted by Crippen LogP contribution is -2.65. The van der Waals surface area contributed by atoms with Crippen molar-refractivity contribution in [3.63, 3.8) is 0 Å². The minimum absolute atomic E-state index is 0.326. The highest BCUT2D eigenvalue weighted by Crippen LogP contribution is 2.41. The quantitative estimate of drug-likeness (QED) is 0.861. The first-order valence-electron chi connectivity index (χ1n) is 8.98. The summed E-state index contributed by atoms with van der Waals surface area (Å²) in [6.45, 7) is 8.17. The van der Waals surface area contributed by atoms with E-state index < -0.39 is 0 Å². The molecule has 0 amide bonds. The minimum atomic E-state index is 0.326. The van der Waals surface area contributed by atoms with Crippen LogP contribution in [0.1, 0.15) is 58.3 Å². The lowest BCUT2D eigenvalue weighted by molar-refractivity contribution is -0.0536. The number of hydrogen-bond donors (Lipinski definition) is 1. The molecule has 3 heteroatoms. The van der Waals surface area contributed by atoms with Crippen LogP contribution >= 0.6 is 0 Å². The molecule has 1 saturated carbocycles. The van der Waals surface area contributed by atoms with Gasteiger partial charge in [0.05, 0.1) is 0 Å². The van der Waals surface area contributed by atoms with Crippen molar-refractivity contribution in [1.82, 2.24) is 9.80 Å². The van der Waals surface area contributed by atoms with Crippen molar-refractivity contribution in [3.8, 4) is 0 Å². The van der Waals surface area contributed by atoms with Crippen LogP contribution in [0.3, 0.4) is 0 Å². The normalized spacial score (nSPS) is 35.7. The Kier molecular flexibility index (Phi) is 4.68. The zero-order valence-electron chi connectivity index (χ0n) is 13.3. The van der Waals surface area contributed by atoms with Crippen LogP contribution in [0.2, 0.25) is 0 Å². The van der Waals surface area contributed by atoms with Gasteiger partial charge in [-0.1, -0.05) is 19.8 Å². The Morgan fingerprint density at radius 2 is 1.70 bits per heavy atom. The molecule has 116 valence electrons. The van der Waals surface area contributed by atoms with Crippen molar-refractivity contribution in [2.45, 2.75) is 69.9 Å². The smallest absolute Gasteiger partial charge is 0.0359 e. The highest BCUT2D eigenvalue weighted by Gasteiger charge is 2.45. The van der Waals surface area contributed by atoms with Gasteiger partial charge in [0.15, 0.2) is 0 Å². The molecule has 0 spiro atoms. The van der Waals surface area contributed by atoms with Gasteiger partial charge in [0, 0.05) is 18.1 Å². The van der Waals surface area contributed by atoms with Gasteiger partial charge in [0.25, 0.3) is 0 Å². The van der Waals surface area contributed by atoms with Crippen molar-refractivity contribution in [3.05, 3.63) is 0 Å². The van der Waals surface area contributed by atoms with Crippen molar-refractivity contribution in [2.24, 2.45) is 11.7 Å². The Balaban J connectivity index is 1.74. The van der Waals surface area contributed by atoms with Gasteiger partial charge in [-0.3, -0.25) is 4.90 Å². The highest BCUT2D eigenvalue weighted by molar-refractivity contribution is 5.02. The van der Waals surface area contributed by atoms with E-state index in [0.717, 1.165) is 18.5 Å². The number of fused-ring (bicyclic) bond motifs is 1. The molecule has 2 saturated heterocycles. The maximum Gasteiger partial charge on any atom is 0.0359 e. The molecule has 1 aliphatic carbocycles. The van der Waals surface area contributed by atoms with Crippen molar-refractivity contribution in [1.29, 1.82) is 0 Å². The second-order valence-corrected chi connectivity index (χ2v) is 7.31. The van der Waals surface area contributed by atoms with Crippen LogP contribution in [0.15, 0.2) is 0 Å². The molecule has 0 aromatic heterocycles. The first-order valence-corrected chi connectivity index (χ1v) is 8.98. The molecule has 3 aliphatic rings. The summed E-state index contributed by atoms with van der Waals surface area (Å²) in [4.78, 5) is 5.49. The molecular weight excluding hydrogens is 246 g/mol. The fourth-order valence-electron chi connectivity index (χ4n) is 5.11. The van der Waals surface area contributed by atoms with E-state index in [9.17, 15) is 0 Å². The summed E-state index contributed by atoms with van der Waals surface area (Å²) in [6, 6.07) is 0.856. The third kappa shape index (κ3) is 2.65. The number of hydrogen-bond acceptors (Lipinski definition) is 3. The van der Waals surface area contributed by atoms with Crippen molar-refractivity contribution < 1.29 is 0 Å². The molecule has 0 bridgehead atoms. The van der Waals surface area contributed by atoms with Crippen LogP contribution in [-0.2, 0) is 0 Å². The van der Waals surface area contributed by atoms with Gasteiger partial charge in [-0.25, -0.2) is 0 Å². The van der Waals surface area contributed by atoms with Gasteiger partial charge in [0.1, 0.15) is 0 Å². The van der Waals surface area contributed by atoms with Gasteiger partial charge in [0.2, 0.25) is 0 Å². The fraction of sp³-hybridized carbons (Fsp3) is 1.00. The number of nitrogens with two attached hydrogens (primary N) is 1. The zero-order chi connectivity index (χ0) is 14.0. The third-order valence-electron chi connectivity index (χ3n) is 6.47. The molecule has 0 aromatic carbocycles. The lowest BCUT2D eigenvalue weighted by Gasteiger charge is -2.56. The predicted molar refractivity (Wildman–Crippen MR) is 84.8 cm³/mol. The van der Waals surface area contributed by atoms with Gasteiger partial charge in [-0.2, -0.15) is 0 Å². The molecule has 2 atom stereocenters. The van der Waals surface area contributed by atoms with E-state index in [1.165, 1.54) is 77.5 Å². The largest absolute Gasteiger partial charge is 0.329 e. The molecule has 3 rings (SSSR count). The van der Waals surface area contributed by atoms with Crippen LogP contribution in [0, 0.1) is 5.92 Å². The number of piperidine rings is 2. The Bertz CT molecular complexity index is 307. The molecule has 2 unspecified atom stereocenters. The SMILES string of the molecule is CCN1CCC(CN)(N2CCCC3CCCCC32)CC1. The number of likely N-dealkylation sites (tertiary alicyclic amines) is 2. The van der Waals surface area contributed by atoms with Crippen LogP contribution < -0.4 is 5.73 Å². The Labute approximate surface area is 124 Å². The second kappa shape index (κ2) is 6.33. The van der Waals surface area contributed by atoms with Gasteiger partial charge in [-0.15, -0.1) is 0 Å². The summed E-state index contributed by atoms with van der Waals surface area (Å²) in [5, 5.41) is 0. The average Bonchev–Trinajstić information content (AvgIpc) is 2.54. The maximum atomic E-state index is 6.32. The molecule has 3 fully saturated rings. The monoisotopic (exact) mass is 279 g/mol. The Morgan fingerprint density at radius 1 is 1.00 bits per heavy atom. The zero-order valence-corrected chi connectivity index (χ0v) is 13.3. The molecule has 0 aromatic rings.